The second-order valence-corrected chi connectivity index (χ2v) is 3.20. The lowest BCUT2D eigenvalue weighted by Crippen LogP contribution is -1.87. The molecule has 0 saturated carbocycles. The molecular weight excluding hydrogens is 176 g/mol. The molecule has 0 unspecified atom stereocenters. The Kier molecular flexibility index (Phi) is 2.33. The van der Waals surface area contributed by atoms with Crippen molar-refractivity contribution in [1.29, 1.82) is 0 Å². The lowest BCUT2D eigenvalue weighted by molar-refractivity contribution is 0.282. The van der Waals surface area contributed by atoms with Gasteiger partial charge in [-0.3, -0.25) is 4.68 Å². The van der Waals surface area contributed by atoms with Crippen LogP contribution < -0.4 is 0 Å². The minimum atomic E-state index is 0.0259. The first kappa shape index (κ1) is 8.97. The number of aliphatic hydroxyl groups is 1. The van der Waals surface area contributed by atoms with Crippen LogP contribution in [-0.2, 0) is 13.7 Å². The highest BCUT2D eigenvalue weighted by Gasteiger charge is 2.07. The van der Waals surface area contributed by atoms with Crippen molar-refractivity contribution in [3.05, 3.63) is 42.1 Å². The molecule has 3 heteroatoms. The molecule has 0 atom stereocenters. The van der Waals surface area contributed by atoms with Gasteiger partial charge in [0.05, 0.1) is 12.3 Å². The summed E-state index contributed by atoms with van der Waals surface area (Å²) in [5, 5.41) is 13.4. The van der Waals surface area contributed by atoms with Crippen molar-refractivity contribution in [2.45, 2.75) is 6.61 Å². The minimum Gasteiger partial charge on any atom is -0.392 e. The molecule has 0 radical (unpaired) electrons. The predicted octanol–water partition coefficient (Wildman–Crippen LogP) is 1.58. The Morgan fingerprint density at radius 1 is 1.29 bits per heavy atom. The van der Waals surface area contributed by atoms with Gasteiger partial charge in [0.15, 0.2) is 0 Å². The molecule has 0 saturated heterocycles. The number of aliphatic hydroxyl groups excluding tert-OH is 1. The number of hydrogen-bond acceptors (Lipinski definition) is 2. The molecule has 3 nitrogen and oxygen atoms in total. The molecule has 2 rings (SSSR count). The second kappa shape index (κ2) is 3.64. The van der Waals surface area contributed by atoms with Crippen LogP contribution in [0.1, 0.15) is 5.56 Å². The lowest BCUT2D eigenvalue weighted by atomic mass is 10.1. The lowest BCUT2D eigenvalue weighted by Gasteiger charge is -1.97. The maximum atomic E-state index is 9.14. The molecule has 1 aromatic carbocycles. The molecule has 72 valence electrons. The highest BCUT2D eigenvalue weighted by atomic mass is 16.3. The summed E-state index contributed by atoms with van der Waals surface area (Å²) >= 11 is 0. The Bertz CT molecular complexity index is 420. The maximum absolute atomic E-state index is 9.14. The molecule has 0 aliphatic heterocycles. The third kappa shape index (κ3) is 1.54. The standard InChI is InChI=1S/C11H12N2O/c1-13-7-10(8-14)11(12-13)9-5-3-2-4-6-9/h2-7,14H,8H2,1H3. The van der Waals surface area contributed by atoms with E-state index in [9.17, 15) is 0 Å². The monoisotopic (exact) mass is 188 g/mol. The van der Waals surface area contributed by atoms with Crippen LogP contribution in [0.3, 0.4) is 0 Å². The van der Waals surface area contributed by atoms with Crippen LogP contribution in [0.5, 0.6) is 0 Å². The first-order valence-electron chi connectivity index (χ1n) is 4.50. The Labute approximate surface area is 82.6 Å². The van der Waals surface area contributed by atoms with Crippen LogP contribution in [0.15, 0.2) is 36.5 Å². The zero-order valence-electron chi connectivity index (χ0n) is 8.01. The Balaban J connectivity index is 2.51. The third-order valence-corrected chi connectivity index (χ3v) is 2.12. The summed E-state index contributed by atoms with van der Waals surface area (Å²) in [5.41, 5.74) is 2.76. The maximum Gasteiger partial charge on any atom is 0.0978 e. The highest BCUT2D eigenvalue weighted by molar-refractivity contribution is 5.62. The quantitative estimate of drug-likeness (QED) is 0.777. The van der Waals surface area contributed by atoms with Gasteiger partial charge in [-0.25, -0.2) is 0 Å². The van der Waals surface area contributed by atoms with Gasteiger partial charge in [-0.2, -0.15) is 5.10 Å². The molecule has 1 heterocycles. The van der Waals surface area contributed by atoms with Crippen molar-refractivity contribution in [1.82, 2.24) is 9.78 Å². The van der Waals surface area contributed by atoms with Crippen LogP contribution in [-0.4, -0.2) is 14.9 Å². The predicted molar refractivity (Wildman–Crippen MR) is 54.6 cm³/mol. The molecule has 0 fully saturated rings. The minimum absolute atomic E-state index is 0.0259. The second-order valence-electron chi connectivity index (χ2n) is 3.20. The summed E-state index contributed by atoms with van der Waals surface area (Å²) in [4.78, 5) is 0. The molecule has 0 amide bonds. The average Bonchev–Trinajstić information content (AvgIpc) is 2.61. The highest BCUT2D eigenvalue weighted by Crippen LogP contribution is 2.20. The van der Waals surface area contributed by atoms with Gasteiger partial charge in [0.25, 0.3) is 0 Å². The summed E-state index contributed by atoms with van der Waals surface area (Å²) in [6.45, 7) is 0.0259. The number of rotatable bonds is 2. The number of benzene rings is 1. The molecule has 0 aliphatic carbocycles. The average molecular weight is 188 g/mol. The van der Waals surface area contributed by atoms with Crippen molar-refractivity contribution >= 4 is 0 Å². The van der Waals surface area contributed by atoms with E-state index >= 15 is 0 Å². The fraction of sp³-hybridized carbons (Fsp3) is 0.182. The van der Waals surface area contributed by atoms with Gasteiger partial charge in [0.2, 0.25) is 0 Å². The van der Waals surface area contributed by atoms with Crippen molar-refractivity contribution in [2.24, 2.45) is 7.05 Å². The summed E-state index contributed by atoms with van der Waals surface area (Å²) < 4.78 is 1.72. The van der Waals surface area contributed by atoms with Crippen LogP contribution in [0.25, 0.3) is 11.3 Å². The van der Waals surface area contributed by atoms with Crippen molar-refractivity contribution in [2.75, 3.05) is 0 Å². The van der Waals surface area contributed by atoms with Crippen LogP contribution >= 0.6 is 0 Å². The zero-order chi connectivity index (χ0) is 9.97. The van der Waals surface area contributed by atoms with E-state index in [1.54, 1.807) is 4.68 Å². The van der Waals surface area contributed by atoms with Gasteiger partial charge in [0.1, 0.15) is 0 Å². The van der Waals surface area contributed by atoms with E-state index in [1.165, 1.54) is 0 Å². The van der Waals surface area contributed by atoms with E-state index in [4.69, 9.17) is 5.11 Å². The van der Waals surface area contributed by atoms with Gasteiger partial charge in [-0.15, -0.1) is 0 Å². The van der Waals surface area contributed by atoms with Gasteiger partial charge in [-0.1, -0.05) is 30.3 Å². The molecule has 0 spiro atoms. The Morgan fingerprint density at radius 3 is 2.64 bits per heavy atom. The molecule has 0 aliphatic rings. The van der Waals surface area contributed by atoms with Gasteiger partial charge in [-0.05, 0) is 0 Å². The van der Waals surface area contributed by atoms with Crippen LogP contribution in [0, 0.1) is 0 Å². The van der Waals surface area contributed by atoms with E-state index in [0.29, 0.717) is 0 Å². The molecular formula is C11H12N2O. The van der Waals surface area contributed by atoms with Crippen molar-refractivity contribution in [3.63, 3.8) is 0 Å². The largest absolute Gasteiger partial charge is 0.392 e. The molecule has 1 aromatic heterocycles. The van der Waals surface area contributed by atoms with E-state index in [-0.39, 0.29) is 6.61 Å². The van der Waals surface area contributed by atoms with Crippen molar-refractivity contribution in [3.8, 4) is 11.3 Å². The first-order chi connectivity index (χ1) is 6.81. The van der Waals surface area contributed by atoms with Crippen molar-refractivity contribution < 1.29 is 5.11 Å². The molecule has 2 aromatic rings. The van der Waals surface area contributed by atoms with E-state index in [0.717, 1.165) is 16.8 Å². The van der Waals surface area contributed by atoms with E-state index < -0.39 is 0 Å². The first-order valence-corrected chi connectivity index (χ1v) is 4.50. The van der Waals surface area contributed by atoms with Gasteiger partial charge < -0.3 is 5.11 Å². The molecule has 1 N–H and O–H groups in total. The summed E-state index contributed by atoms with van der Waals surface area (Å²) in [5.74, 6) is 0. The van der Waals surface area contributed by atoms with Gasteiger partial charge in [0, 0.05) is 24.4 Å². The number of aromatic nitrogens is 2. The fourth-order valence-corrected chi connectivity index (χ4v) is 1.49. The van der Waals surface area contributed by atoms with Crippen LogP contribution in [0.4, 0.5) is 0 Å². The normalized spacial score (nSPS) is 10.4. The zero-order valence-corrected chi connectivity index (χ0v) is 8.01. The summed E-state index contributed by atoms with van der Waals surface area (Å²) in [6, 6.07) is 9.87. The van der Waals surface area contributed by atoms with E-state index in [1.807, 2.05) is 43.6 Å². The number of hydrogen-bond donors (Lipinski definition) is 1. The number of aryl methyl sites for hydroxylation is 1. The fourth-order valence-electron chi connectivity index (χ4n) is 1.49. The molecule has 0 bridgehead atoms. The number of nitrogens with zero attached hydrogens (tertiary/aromatic N) is 2. The van der Waals surface area contributed by atoms with Crippen LogP contribution in [0.2, 0.25) is 0 Å². The van der Waals surface area contributed by atoms with E-state index in [2.05, 4.69) is 5.10 Å². The Hall–Kier alpha value is -1.61. The topological polar surface area (TPSA) is 38.0 Å². The summed E-state index contributed by atoms with van der Waals surface area (Å²) in [7, 11) is 1.85. The summed E-state index contributed by atoms with van der Waals surface area (Å²) in [6.07, 6.45) is 1.84. The van der Waals surface area contributed by atoms with Gasteiger partial charge >= 0.3 is 0 Å². The third-order valence-electron chi connectivity index (χ3n) is 2.12. The smallest absolute Gasteiger partial charge is 0.0978 e. The Morgan fingerprint density at radius 2 is 2.00 bits per heavy atom. The molecule has 14 heavy (non-hydrogen) atoms. The SMILES string of the molecule is Cn1cc(CO)c(-c2ccccc2)n1.